The van der Waals surface area contributed by atoms with Gasteiger partial charge in [-0.25, -0.2) is 4.98 Å². The van der Waals surface area contributed by atoms with E-state index in [0.717, 1.165) is 40.8 Å². The van der Waals surface area contributed by atoms with Gasteiger partial charge in [-0.2, -0.15) is 0 Å². The van der Waals surface area contributed by atoms with Gasteiger partial charge < -0.3 is 15.2 Å². The maximum atomic E-state index is 13.5. The van der Waals surface area contributed by atoms with Crippen LogP contribution in [0.15, 0.2) is 34.9 Å². The third kappa shape index (κ3) is 5.97. The first-order valence-corrected chi connectivity index (χ1v) is 12.0. The molecular formula is C24H33BrN4O2. The Morgan fingerprint density at radius 3 is 2.42 bits per heavy atom. The van der Waals surface area contributed by atoms with Crippen molar-refractivity contribution in [2.75, 3.05) is 6.54 Å². The first-order chi connectivity index (χ1) is 14.8. The molecule has 0 spiro atoms. The lowest BCUT2D eigenvalue weighted by Crippen LogP contribution is -2.48. The molecule has 1 aliphatic rings. The zero-order chi connectivity index (χ0) is 22.5. The van der Waals surface area contributed by atoms with Crippen molar-refractivity contribution in [3.8, 4) is 11.3 Å². The van der Waals surface area contributed by atoms with Crippen LogP contribution in [0.3, 0.4) is 0 Å². The van der Waals surface area contributed by atoms with Crippen molar-refractivity contribution in [2.24, 2.45) is 5.92 Å². The molecule has 0 bridgehead atoms. The highest BCUT2D eigenvalue weighted by Crippen LogP contribution is 2.32. The molecule has 3 rings (SSSR count). The van der Waals surface area contributed by atoms with Crippen molar-refractivity contribution in [1.82, 2.24) is 20.2 Å². The molecule has 2 aromatic rings. The van der Waals surface area contributed by atoms with Gasteiger partial charge in [0.1, 0.15) is 5.82 Å². The summed E-state index contributed by atoms with van der Waals surface area (Å²) in [6, 6.07) is 8.31. The van der Waals surface area contributed by atoms with Crippen molar-refractivity contribution in [3.05, 3.63) is 40.8 Å². The van der Waals surface area contributed by atoms with Crippen molar-refractivity contribution >= 4 is 27.7 Å². The number of aromatic nitrogens is 2. The van der Waals surface area contributed by atoms with Crippen LogP contribution in [-0.2, 0) is 9.59 Å². The van der Waals surface area contributed by atoms with Crippen LogP contribution in [0.4, 0.5) is 0 Å². The van der Waals surface area contributed by atoms with Crippen molar-refractivity contribution in [1.29, 1.82) is 0 Å². The first kappa shape index (κ1) is 23.5. The van der Waals surface area contributed by atoms with Gasteiger partial charge in [-0.1, -0.05) is 41.9 Å². The van der Waals surface area contributed by atoms with Crippen LogP contribution in [0, 0.1) is 5.92 Å². The Morgan fingerprint density at radius 2 is 1.87 bits per heavy atom. The van der Waals surface area contributed by atoms with Crippen LogP contribution < -0.4 is 5.32 Å². The van der Waals surface area contributed by atoms with E-state index in [9.17, 15) is 9.59 Å². The second-order valence-corrected chi connectivity index (χ2v) is 9.54. The van der Waals surface area contributed by atoms with E-state index in [-0.39, 0.29) is 36.2 Å². The van der Waals surface area contributed by atoms with Crippen LogP contribution >= 0.6 is 15.9 Å². The molecule has 1 aromatic heterocycles. The Balaban J connectivity index is 1.78. The SMILES string of the molecule is CCC(c1ncc(-c2ccc(Br)cc2)[nH]1)[C@H](CC)C(=O)N(CC(=O)NC1CC1)C(C)C. The number of hydrogen-bond acceptors (Lipinski definition) is 3. The molecule has 2 atom stereocenters. The quantitative estimate of drug-likeness (QED) is 0.500. The lowest BCUT2D eigenvalue weighted by atomic mass is 9.85. The van der Waals surface area contributed by atoms with Crippen LogP contribution in [0.1, 0.15) is 65.1 Å². The van der Waals surface area contributed by atoms with Gasteiger partial charge in [-0.05, 0) is 57.2 Å². The average Bonchev–Trinajstić information content (AvgIpc) is 3.42. The highest BCUT2D eigenvalue weighted by Gasteiger charge is 2.34. The summed E-state index contributed by atoms with van der Waals surface area (Å²) in [7, 11) is 0. The minimum Gasteiger partial charge on any atom is -0.352 e. The maximum Gasteiger partial charge on any atom is 0.239 e. The fourth-order valence-corrected chi connectivity index (χ4v) is 4.25. The second kappa shape index (κ2) is 10.4. The van der Waals surface area contributed by atoms with Crippen LogP contribution in [0.25, 0.3) is 11.3 Å². The minimum absolute atomic E-state index is 0.0249. The Bertz CT molecular complexity index is 889. The molecule has 1 aliphatic carbocycles. The average molecular weight is 489 g/mol. The zero-order valence-corrected chi connectivity index (χ0v) is 20.4. The van der Waals surface area contributed by atoms with E-state index in [1.165, 1.54) is 0 Å². The molecule has 1 heterocycles. The lowest BCUT2D eigenvalue weighted by Gasteiger charge is -2.32. The largest absolute Gasteiger partial charge is 0.352 e. The fraction of sp³-hybridized carbons (Fsp3) is 0.542. The molecule has 1 fully saturated rings. The van der Waals surface area contributed by atoms with Crippen molar-refractivity contribution in [3.63, 3.8) is 0 Å². The number of imidazole rings is 1. The number of carbonyl (C=O) groups is 2. The van der Waals surface area contributed by atoms with Gasteiger partial charge in [0.15, 0.2) is 0 Å². The molecule has 6 nitrogen and oxygen atoms in total. The summed E-state index contributed by atoms with van der Waals surface area (Å²) < 4.78 is 1.03. The fourth-order valence-electron chi connectivity index (χ4n) is 3.98. The third-order valence-electron chi connectivity index (χ3n) is 5.95. The number of rotatable bonds is 10. The van der Waals surface area contributed by atoms with Gasteiger partial charge in [0, 0.05) is 28.4 Å². The molecule has 0 aliphatic heterocycles. The number of carbonyl (C=O) groups excluding carboxylic acids is 2. The standard InChI is InChI=1S/C24H33BrN4O2/c1-5-19(23-26-13-21(28-23)16-7-9-17(25)10-8-16)20(6-2)24(31)29(15(3)4)14-22(30)27-18-11-12-18/h7-10,13,15,18-20H,5-6,11-12,14H2,1-4H3,(H,26,28)(H,27,30)/t19?,20-/m0/s1. The van der Waals surface area contributed by atoms with Gasteiger partial charge in [-0.15, -0.1) is 0 Å². The highest BCUT2D eigenvalue weighted by atomic mass is 79.9. The zero-order valence-electron chi connectivity index (χ0n) is 18.8. The molecule has 1 aromatic carbocycles. The predicted molar refractivity (Wildman–Crippen MR) is 127 cm³/mol. The van der Waals surface area contributed by atoms with Crippen molar-refractivity contribution in [2.45, 2.75) is 71.4 Å². The summed E-state index contributed by atoms with van der Waals surface area (Å²) in [5, 5.41) is 3.00. The number of halogens is 1. The number of nitrogens with one attached hydrogen (secondary N) is 2. The Kier molecular flexibility index (Phi) is 7.92. The van der Waals surface area contributed by atoms with E-state index in [2.05, 4.69) is 38.1 Å². The molecule has 0 radical (unpaired) electrons. The summed E-state index contributed by atoms with van der Waals surface area (Å²) >= 11 is 3.46. The smallest absolute Gasteiger partial charge is 0.239 e. The number of amides is 2. The Labute approximate surface area is 193 Å². The van der Waals surface area contributed by atoms with Gasteiger partial charge in [0.05, 0.1) is 18.4 Å². The normalized spacial score (nSPS) is 15.5. The summed E-state index contributed by atoms with van der Waals surface area (Å²) in [5.41, 5.74) is 1.99. The Hall–Kier alpha value is -2.15. The predicted octanol–water partition coefficient (Wildman–Crippen LogP) is 4.87. The lowest BCUT2D eigenvalue weighted by molar-refractivity contribution is -0.142. The number of hydrogen-bond donors (Lipinski definition) is 2. The Morgan fingerprint density at radius 1 is 1.19 bits per heavy atom. The van der Waals surface area contributed by atoms with E-state index in [4.69, 9.17) is 0 Å². The number of nitrogens with zero attached hydrogens (tertiary/aromatic N) is 2. The molecule has 1 saturated carbocycles. The maximum absolute atomic E-state index is 13.5. The van der Waals surface area contributed by atoms with Gasteiger partial charge >= 0.3 is 0 Å². The van der Waals surface area contributed by atoms with Gasteiger partial charge in [0.2, 0.25) is 11.8 Å². The molecule has 0 saturated heterocycles. The van der Waals surface area contributed by atoms with Crippen molar-refractivity contribution < 1.29 is 9.59 Å². The molecule has 2 N–H and O–H groups in total. The second-order valence-electron chi connectivity index (χ2n) is 8.62. The summed E-state index contributed by atoms with van der Waals surface area (Å²) in [5.74, 6) is 0.520. The van der Waals surface area contributed by atoms with E-state index in [0.29, 0.717) is 12.5 Å². The summed E-state index contributed by atoms with van der Waals surface area (Å²) in [6.45, 7) is 8.17. The topological polar surface area (TPSA) is 78.1 Å². The molecule has 7 heteroatoms. The first-order valence-electron chi connectivity index (χ1n) is 11.2. The van der Waals surface area contributed by atoms with Gasteiger partial charge in [-0.3, -0.25) is 9.59 Å². The number of benzene rings is 1. The molecular weight excluding hydrogens is 456 g/mol. The van der Waals surface area contributed by atoms with Gasteiger partial charge in [0.25, 0.3) is 0 Å². The van der Waals surface area contributed by atoms with E-state index in [1.807, 2.05) is 51.2 Å². The monoisotopic (exact) mass is 488 g/mol. The van der Waals surface area contributed by atoms with E-state index < -0.39 is 0 Å². The van der Waals surface area contributed by atoms with Crippen LogP contribution in [0.2, 0.25) is 0 Å². The number of H-pyrrole nitrogens is 1. The highest BCUT2D eigenvalue weighted by molar-refractivity contribution is 9.10. The van der Waals surface area contributed by atoms with E-state index >= 15 is 0 Å². The van der Waals surface area contributed by atoms with E-state index in [1.54, 1.807) is 4.90 Å². The number of aromatic amines is 1. The molecule has 31 heavy (non-hydrogen) atoms. The molecule has 1 unspecified atom stereocenters. The minimum atomic E-state index is -0.231. The summed E-state index contributed by atoms with van der Waals surface area (Å²) in [6.07, 6.45) is 5.39. The molecule has 2 amide bonds. The summed E-state index contributed by atoms with van der Waals surface area (Å²) in [4.78, 5) is 35.7. The third-order valence-corrected chi connectivity index (χ3v) is 6.48. The van der Waals surface area contributed by atoms with Crippen LogP contribution in [-0.4, -0.2) is 45.3 Å². The van der Waals surface area contributed by atoms with Crippen LogP contribution in [0.5, 0.6) is 0 Å². The molecule has 168 valence electrons.